The van der Waals surface area contributed by atoms with E-state index in [0.29, 0.717) is 48.1 Å². The highest BCUT2D eigenvalue weighted by molar-refractivity contribution is 6.17. The lowest BCUT2D eigenvalue weighted by molar-refractivity contribution is -0.130. The third-order valence-corrected chi connectivity index (χ3v) is 7.98. The van der Waals surface area contributed by atoms with E-state index in [4.69, 9.17) is 11.5 Å². The van der Waals surface area contributed by atoms with Crippen LogP contribution in [0.4, 0.5) is 11.6 Å². The van der Waals surface area contributed by atoms with Crippen molar-refractivity contribution < 1.29 is 14.4 Å². The van der Waals surface area contributed by atoms with Gasteiger partial charge < -0.3 is 11.5 Å². The van der Waals surface area contributed by atoms with Crippen molar-refractivity contribution in [3.05, 3.63) is 66.0 Å². The second-order valence-corrected chi connectivity index (χ2v) is 11.1. The molecule has 4 aromatic rings. The van der Waals surface area contributed by atoms with Gasteiger partial charge in [0.05, 0.1) is 17.4 Å². The van der Waals surface area contributed by atoms with E-state index in [1.54, 1.807) is 30.5 Å². The fraction of sp³-hybridized carbons (Fsp3) is 0.355. The third kappa shape index (κ3) is 7.01. The Kier molecular flexibility index (Phi) is 9.46. The molecule has 2 aromatic carbocycles. The zero-order valence-electron chi connectivity index (χ0n) is 24.7. The number of aryl methyl sites for hydroxylation is 1. The summed E-state index contributed by atoms with van der Waals surface area (Å²) in [5, 5.41) is 16.6. The van der Waals surface area contributed by atoms with E-state index in [9.17, 15) is 14.4 Å². The van der Waals surface area contributed by atoms with Crippen LogP contribution in [-0.4, -0.2) is 60.9 Å². The number of tetrazole rings is 1. The molecule has 228 valence electrons. The molecule has 13 nitrogen and oxygen atoms in total. The van der Waals surface area contributed by atoms with E-state index in [0.717, 1.165) is 29.5 Å². The van der Waals surface area contributed by atoms with E-state index in [1.165, 1.54) is 11.8 Å². The first-order valence-electron chi connectivity index (χ1n) is 14.6. The minimum Gasteiger partial charge on any atom is -0.330 e. The van der Waals surface area contributed by atoms with Crippen molar-refractivity contribution in [2.24, 2.45) is 23.3 Å². The number of amides is 3. The molecule has 0 bridgehead atoms. The largest absolute Gasteiger partial charge is 0.330 e. The van der Waals surface area contributed by atoms with Crippen LogP contribution in [0.3, 0.4) is 0 Å². The third-order valence-electron chi connectivity index (χ3n) is 7.98. The van der Waals surface area contributed by atoms with Crippen LogP contribution in [0.2, 0.25) is 0 Å². The Morgan fingerprint density at radius 2 is 1.82 bits per heavy atom. The van der Waals surface area contributed by atoms with E-state index in [2.05, 4.69) is 35.9 Å². The summed E-state index contributed by atoms with van der Waals surface area (Å²) in [6.45, 7) is 3.82. The van der Waals surface area contributed by atoms with E-state index in [1.807, 2.05) is 31.2 Å². The van der Waals surface area contributed by atoms with Gasteiger partial charge in [-0.25, -0.2) is 14.9 Å². The molecule has 5 rings (SSSR count). The molecule has 0 unspecified atom stereocenters. The smallest absolute Gasteiger partial charge is 0.251 e. The molecule has 1 aliphatic rings. The van der Waals surface area contributed by atoms with Crippen LogP contribution in [0, 0.1) is 18.8 Å². The molecule has 1 atom stereocenters. The number of H-pyrrole nitrogens is 1. The first kappa shape index (κ1) is 30.6. The average Bonchev–Trinajstić information content (AvgIpc) is 3.57. The Labute approximate surface area is 254 Å². The van der Waals surface area contributed by atoms with Gasteiger partial charge in [0.15, 0.2) is 0 Å². The molecule has 3 amide bonds. The number of hydrogen-bond acceptors (Lipinski definition) is 10. The monoisotopic (exact) mass is 596 g/mol. The first-order chi connectivity index (χ1) is 21.2. The van der Waals surface area contributed by atoms with Crippen LogP contribution in [0.5, 0.6) is 0 Å². The summed E-state index contributed by atoms with van der Waals surface area (Å²) in [5.74, 6) is -0.254. The maximum absolute atomic E-state index is 14.0. The number of carbonyl (C=O) groups excluding carboxylic acids is 3. The predicted octanol–water partition coefficient (Wildman–Crippen LogP) is 2.79. The van der Waals surface area contributed by atoms with Gasteiger partial charge in [0, 0.05) is 30.2 Å². The normalized spacial score (nSPS) is 17.1. The van der Waals surface area contributed by atoms with Crippen LogP contribution >= 0.6 is 0 Å². The number of carbonyl (C=O) groups is 3. The number of aromatic nitrogens is 6. The number of anilines is 2. The molecule has 0 aliphatic heterocycles. The molecule has 13 heteroatoms. The highest BCUT2D eigenvalue weighted by Gasteiger charge is 2.35. The molecular formula is C31H36N10O3. The van der Waals surface area contributed by atoms with Gasteiger partial charge in [0.1, 0.15) is 0 Å². The molecule has 2 aromatic heterocycles. The van der Waals surface area contributed by atoms with Gasteiger partial charge in [-0.15, -0.1) is 10.2 Å². The van der Waals surface area contributed by atoms with Crippen LogP contribution in [0.1, 0.15) is 43.9 Å². The Bertz CT molecular complexity index is 1620. The zero-order chi connectivity index (χ0) is 31.2. The number of aromatic amines is 1. The Hall–Kier alpha value is -4.88. The van der Waals surface area contributed by atoms with Gasteiger partial charge in [-0.2, -0.15) is 5.21 Å². The lowest BCUT2D eigenvalue weighted by Crippen LogP contribution is -2.50. The van der Waals surface area contributed by atoms with E-state index < -0.39 is 11.9 Å². The zero-order valence-corrected chi connectivity index (χ0v) is 24.7. The number of benzene rings is 2. The number of imide groups is 1. The Morgan fingerprint density at radius 1 is 1.07 bits per heavy atom. The number of rotatable bonds is 9. The Balaban J connectivity index is 1.37. The summed E-state index contributed by atoms with van der Waals surface area (Å²) in [5.41, 5.74) is 16.7. The SMILES string of the molecule is CC(=O)Nc1ncc(-c2cccc(C[C@H](N)C(=O)N(C(=O)C3CCC(CN)CC3)c3ccc(-c4nn[nH]n4)cc3)c2)c(C)n1. The Morgan fingerprint density at radius 3 is 2.45 bits per heavy atom. The summed E-state index contributed by atoms with van der Waals surface area (Å²) >= 11 is 0. The van der Waals surface area contributed by atoms with Crippen molar-refractivity contribution in [2.45, 2.75) is 52.0 Å². The maximum Gasteiger partial charge on any atom is 0.251 e. The molecular weight excluding hydrogens is 560 g/mol. The summed E-state index contributed by atoms with van der Waals surface area (Å²) in [6, 6.07) is 13.5. The molecule has 0 saturated heterocycles. The van der Waals surface area contributed by atoms with Gasteiger partial charge in [-0.3, -0.25) is 19.7 Å². The molecule has 44 heavy (non-hydrogen) atoms. The number of nitrogens with zero attached hydrogens (tertiary/aromatic N) is 6. The second kappa shape index (κ2) is 13.6. The average molecular weight is 597 g/mol. The minimum absolute atomic E-state index is 0.210. The van der Waals surface area contributed by atoms with Crippen molar-refractivity contribution in [1.29, 1.82) is 0 Å². The van der Waals surface area contributed by atoms with Gasteiger partial charge in [0.2, 0.25) is 23.6 Å². The quantitative estimate of drug-likeness (QED) is 0.223. The van der Waals surface area contributed by atoms with Crippen molar-refractivity contribution in [3.8, 4) is 22.5 Å². The topological polar surface area (TPSA) is 199 Å². The lowest BCUT2D eigenvalue weighted by atomic mass is 9.81. The summed E-state index contributed by atoms with van der Waals surface area (Å²) < 4.78 is 0. The molecule has 2 heterocycles. The first-order valence-corrected chi connectivity index (χ1v) is 14.6. The fourth-order valence-corrected chi connectivity index (χ4v) is 5.58. The van der Waals surface area contributed by atoms with Gasteiger partial charge in [-0.05, 0) is 92.1 Å². The number of nitrogens with two attached hydrogens (primary N) is 2. The van der Waals surface area contributed by atoms with Crippen molar-refractivity contribution in [3.63, 3.8) is 0 Å². The summed E-state index contributed by atoms with van der Waals surface area (Å²) in [7, 11) is 0. The maximum atomic E-state index is 14.0. The summed E-state index contributed by atoms with van der Waals surface area (Å²) in [4.78, 5) is 49.1. The van der Waals surface area contributed by atoms with Crippen LogP contribution in [-0.2, 0) is 20.8 Å². The minimum atomic E-state index is -0.981. The van der Waals surface area contributed by atoms with Gasteiger partial charge in [0.25, 0.3) is 5.91 Å². The van der Waals surface area contributed by atoms with Crippen molar-refractivity contribution in [1.82, 2.24) is 30.6 Å². The van der Waals surface area contributed by atoms with E-state index >= 15 is 0 Å². The van der Waals surface area contributed by atoms with Crippen molar-refractivity contribution >= 4 is 29.4 Å². The highest BCUT2D eigenvalue weighted by atomic mass is 16.2. The molecule has 1 aliphatic carbocycles. The highest BCUT2D eigenvalue weighted by Crippen LogP contribution is 2.32. The van der Waals surface area contributed by atoms with Gasteiger partial charge in [-0.1, -0.05) is 24.3 Å². The number of nitrogens with one attached hydrogen (secondary N) is 2. The number of hydrogen-bond donors (Lipinski definition) is 4. The van der Waals surface area contributed by atoms with E-state index in [-0.39, 0.29) is 30.1 Å². The van der Waals surface area contributed by atoms with Gasteiger partial charge >= 0.3 is 0 Å². The van der Waals surface area contributed by atoms with Crippen molar-refractivity contribution in [2.75, 3.05) is 16.8 Å². The van der Waals surface area contributed by atoms with Crippen LogP contribution in [0.15, 0.2) is 54.7 Å². The standard InChI is InChI=1S/C31H36N10O3/c1-18-26(17-34-31(35-18)36-19(2)42)24-5-3-4-21(14-24)15-27(33)30(44)41(29(43)23-8-6-20(16-32)7-9-23)25-12-10-22(11-13-25)28-37-39-40-38-28/h3-5,10-14,17,20,23,27H,6-9,15-16,32-33H2,1-2H3,(H,34,35,36,42)(H,37,38,39,40)/t20?,23?,27-/m0/s1. The lowest BCUT2D eigenvalue weighted by Gasteiger charge is -2.32. The molecule has 1 fully saturated rings. The summed E-state index contributed by atoms with van der Waals surface area (Å²) in [6.07, 6.45) is 4.89. The second-order valence-electron chi connectivity index (χ2n) is 11.1. The fourth-order valence-electron chi connectivity index (χ4n) is 5.58. The molecule has 0 spiro atoms. The molecule has 0 radical (unpaired) electrons. The molecule has 6 N–H and O–H groups in total. The predicted molar refractivity (Wildman–Crippen MR) is 165 cm³/mol. The van der Waals surface area contributed by atoms with Crippen LogP contribution < -0.4 is 21.7 Å². The molecule has 1 saturated carbocycles. The van der Waals surface area contributed by atoms with Crippen LogP contribution in [0.25, 0.3) is 22.5 Å².